The van der Waals surface area contributed by atoms with E-state index >= 15 is 0 Å². The molecule has 10 heteroatoms. The zero-order chi connectivity index (χ0) is 28.7. The van der Waals surface area contributed by atoms with Crippen molar-refractivity contribution in [2.75, 3.05) is 0 Å². The highest BCUT2D eigenvalue weighted by atomic mass is 16.3. The first-order valence-corrected chi connectivity index (χ1v) is 11.9. The number of fused-ring (bicyclic) bond motifs is 1. The van der Waals surface area contributed by atoms with Gasteiger partial charge in [0.25, 0.3) is 0 Å². The number of hydrogen-bond acceptors (Lipinski definition) is 10. The number of ketones is 1. The van der Waals surface area contributed by atoms with Crippen LogP contribution in [-0.2, 0) is 0 Å². The number of aromatic hydroxyl groups is 7. The summed E-state index contributed by atoms with van der Waals surface area (Å²) in [4.78, 5) is 28.1. The van der Waals surface area contributed by atoms with Crippen LogP contribution in [0.15, 0.2) is 88.3 Å². The molecule has 5 aromatic rings. The number of hydrogen-bond donors (Lipinski definition) is 7. The van der Waals surface area contributed by atoms with Gasteiger partial charge in [0, 0.05) is 35.7 Å². The molecule has 0 saturated carbocycles. The van der Waals surface area contributed by atoms with E-state index < -0.39 is 51.6 Å². The molecule has 1 heterocycles. The molecule has 1 atom stereocenters. The van der Waals surface area contributed by atoms with Crippen molar-refractivity contribution in [3.8, 4) is 40.2 Å². The SMILES string of the molecule is O=C(c1c(O)cc(O)cc1O)[C@@H](c1coc2cc(O)cc(O)c2c1=O)C(c1ccc(O)cc1)c1ccc(O)cc1. The van der Waals surface area contributed by atoms with E-state index in [0.29, 0.717) is 11.1 Å². The van der Waals surface area contributed by atoms with E-state index in [-0.39, 0.29) is 33.8 Å². The second-order valence-corrected chi connectivity index (χ2v) is 9.22. The molecule has 0 aliphatic heterocycles. The lowest BCUT2D eigenvalue weighted by atomic mass is 9.73. The first-order chi connectivity index (χ1) is 19.0. The molecule has 0 amide bonds. The Morgan fingerprint density at radius 1 is 0.625 bits per heavy atom. The minimum Gasteiger partial charge on any atom is -0.508 e. The number of phenolic OH excluding ortho intramolecular Hbond substituents is 7. The molecule has 40 heavy (non-hydrogen) atoms. The lowest BCUT2D eigenvalue weighted by Crippen LogP contribution is -2.27. The zero-order valence-electron chi connectivity index (χ0n) is 20.5. The molecule has 5 rings (SSSR count). The molecular formula is C30H22O10. The Morgan fingerprint density at radius 3 is 1.62 bits per heavy atom. The van der Waals surface area contributed by atoms with E-state index in [1.807, 2.05) is 0 Å². The molecule has 1 aromatic heterocycles. The summed E-state index contributed by atoms with van der Waals surface area (Å²) < 4.78 is 5.57. The van der Waals surface area contributed by atoms with Crippen LogP contribution in [0.5, 0.6) is 40.2 Å². The van der Waals surface area contributed by atoms with Gasteiger partial charge in [-0.05, 0) is 35.4 Å². The summed E-state index contributed by atoms with van der Waals surface area (Å²) >= 11 is 0. The van der Waals surface area contributed by atoms with Crippen molar-refractivity contribution < 1.29 is 45.0 Å². The average Bonchev–Trinajstić information content (AvgIpc) is 2.88. The van der Waals surface area contributed by atoms with Crippen molar-refractivity contribution in [2.45, 2.75) is 11.8 Å². The monoisotopic (exact) mass is 542 g/mol. The number of benzene rings is 4. The topological polar surface area (TPSA) is 189 Å². The van der Waals surface area contributed by atoms with Gasteiger partial charge >= 0.3 is 0 Å². The quantitative estimate of drug-likeness (QED) is 0.150. The minimum absolute atomic E-state index is 0.0696. The molecule has 0 saturated heterocycles. The highest BCUT2D eigenvalue weighted by Gasteiger charge is 2.38. The standard InChI is InChI=1S/C30H22O10/c31-16-5-1-14(2-6-16)25(15-3-7-17(32)8-4-15)26(30(39)27-21(35)9-18(33)10-22(27)36)20-13-40-24-12-19(34)11-23(37)28(24)29(20)38/h1-13,25-26,31-37H/t26-/m0/s1. The van der Waals surface area contributed by atoms with Crippen molar-refractivity contribution in [1.82, 2.24) is 0 Å². The summed E-state index contributed by atoms with van der Waals surface area (Å²) in [7, 11) is 0. The van der Waals surface area contributed by atoms with Crippen LogP contribution < -0.4 is 5.43 Å². The minimum atomic E-state index is -1.52. The summed E-state index contributed by atoms with van der Waals surface area (Å²) in [6.45, 7) is 0. The smallest absolute Gasteiger partial charge is 0.200 e. The Hall–Kier alpha value is -5.64. The molecule has 7 N–H and O–H groups in total. The maximum Gasteiger partial charge on any atom is 0.200 e. The van der Waals surface area contributed by atoms with Crippen molar-refractivity contribution in [2.24, 2.45) is 0 Å². The average molecular weight is 542 g/mol. The van der Waals surface area contributed by atoms with Gasteiger partial charge in [-0.15, -0.1) is 0 Å². The van der Waals surface area contributed by atoms with Gasteiger partial charge in [0.2, 0.25) is 0 Å². The van der Waals surface area contributed by atoms with Crippen molar-refractivity contribution in [1.29, 1.82) is 0 Å². The Kier molecular flexibility index (Phi) is 6.44. The number of carbonyl (C=O) groups is 1. The van der Waals surface area contributed by atoms with Crippen LogP contribution in [0.1, 0.15) is 38.9 Å². The fourth-order valence-corrected chi connectivity index (χ4v) is 4.87. The Morgan fingerprint density at radius 2 is 1.10 bits per heavy atom. The van der Waals surface area contributed by atoms with Gasteiger partial charge in [-0.25, -0.2) is 0 Å². The predicted octanol–water partition coefficient (Wildman–Crippen LogP) is 4.53. The van der Waals surface area contributed by atoms with E-state index in [0.717, 1.165) is 30.5 Å². The van der Waals surface area contributed by atoms with Crippen molar-refractivity contribution in [3.63, 3.8) is 0 Å². The third-order valence-electron chi connectivity index (χ3n) is 6.65. The molecule has 0 radical (unpaired) electrons. The van der Waals surface area contributed by atoms with Crippen LogP contribution in [0.2, 0.25) is 0 Å². The van der Waals surface area contributed by atoms with Crippen LogP contribution in [0.4, 0.5) is 0 Å². The normalized spacial score (nSPS) is 12.0. The number of Topliss-reactive ketones (excluding diaryl/α,β-unsaturated/α-hetero) is 1. The van der Waals surface area contributed by atoms with Gasteiger partial charge in [0.15, 0.2) is 11.2 Å². The summed E-state index contributed by atoms with van der Waals surface area (Å²) in [5.74, 6) is -6.60. The molecule has 0 bridgehead atoms. The van der Waals surface area contributed by atoms with Crippen molar-refractivity contribution >= 4 is 16.8 Å². The highest BCUT2D eigenvalue weighted by molar-refractivity contribution is 6.06. The largest absolute Gasteiger partial charge is 0.508 e. The fraction of sp³-hybridized carbons (Fsp3) is 0.0667. The Bertz CT molecular complexity index is 1740. The lowest BCUT2D eigenvalue weighted by molar-refractivity contribution is 0.0944. The molecule has 202 valence electrons. The summed E-state index contributed by atoms with van der Waals surface area (Å²) in [6.07, 6.45) is 0.994. The van der Waals surface area contributed by atoms with E-state index in [9.17, 15) is 45.3 Å². The highest BCUT2D eigenvalue weighted by Crippen LogP contribution is 2.44. The Balaban J connectivity index is 1.85. The number of phenols is 7. The van der Waals surface area contributed by atoms with Crippen LogP contribution in [-0.4, -0.2) is 41.5 Å². The first kappa shape index (κ1) is 26.0. The van der Waals surface area contributed by atoms with Gasteiger partial charge in [-0.3, -0.25) is 9.59 Å². The maximum atomic E-state index is 14.3. The van der Waals surface area contributed by atoms with Gasteiger partial charge in [-0.1, -0.05) is 24.3 Å². The van der Waals surface area contributed by atoms with Crippen LogP contribution in [0, 0.1) is 0 Å². The van der Waals surface area contributed by atoms with Crippen molar-refractivity contribution in [3.05, 3.63) is 112 Å². The van der Waals surface area contributed by atoms with E-state index in [4.69, 9.17) is 4.42 Å². The molecule has 0 unspecified atom stereocenters. The Labute approximate surface area is 225 Å². The van der Waals surface area contributed by atoms with Crippen LogP contribution >= 0.6 is 0 Å². The third kappa shape index (κ3) is 4.58. The summed E-state index contributed by atoms with van der Waals surface area (Å²) in [6, 6.07) is 15.3. The molecule has 0 aliphatic rings. The number of carbonyl (C=O) groups excluding carboxylic acids is 1. The van der Waals surface area contributed by atoms with Crippen LogP contribution in [0.3, 0.4) is 0 Å². The van der Waals surface area contributed by atoms with Crippen LogP contribution in [0.25, 0.3) is 11.0 Å². The summed E-state index contributed by atoms with van der Waals surface area (Å²) in [5, 5.41) is 70.7. The van der Waals surface area contributed by atoms with E-state index in [1.165, 1.54) is 48.5 Å². The molecule has 0 spiro atoms. The zero-order valence-corrected chi connectivity index (χ0v) is 20.5. The van der Waals surface area contributed by atoms with Gasteiger partial charge in [-0.2, -0.15) is 0 Å². The second-order valence-electron chi connectivity index (χ2n) is 9.22. The maximum absolute atomic E-state index is 14.3. The molecule has 0 fully saturated rings. The van der Waals surface area contributed by atoms with Gasteiger partial charge < -0.3 is 40.2 Å². The van der Waals surface area contributed by atoms with E-state index in [1.54, 1.807) is 0 Å². The van der Waals surface area contributed by atoms with Gasteiger partial charge in [0.05, 0.1) is 12.2 Å². The predicted molar refractivity (Wildman–Crippen MR) is 142 cm³/mol. The lowest BCUT2D eigenvalue weighted by Gasteiger charge is -2.28. The third-order valence-corrected chi connectivity index (χ3v) is 6.65. The molecular weight excluding hydrogens is 520 g/mol. The fourth-order valence-electron chi connectivity index (χ4n) is 4.87. The first-order valence-electron chi connectivity index (χ1n) is 11.9. The van der Waals surface area contributed by atoms with E-state index in [2.05, 4.69) is 0 Å². The van der Waals surface area contributed by atoms with Gasteiger partial charge in [0.1, 0.15) is 56.8 Å². The molecule has 0 aliphatic carbocycles. The number of rotatable bonds is 6. The molecule has 4 aromatic carbocycles. The molecule has 10 nitrogen and oxygen atoms in total. The summed E-state index contributed by atoms with van der Waals surface area (Å²) in [5.41, 5.74) is -0.977. The second kappa shape index (κ2) is 9.91.